The molecule has 0 fully saturated rings. The molecule has 1 aliphatic heterocycles. The number of fused-ring (bicyclic) bond motifs is 1. The molecule has 8 heteroatoms. The van der Waals surface area contributed by atoms with Crippen LogP contribution in [0.25, 0.3) is 0 Å². The van der Waals surface area contributed by atoms with E-state index < -0.39 is 35.3 Å². The maximum atomic E-state index is 13.2. The number of hydrazine groups is 1. The van der Waals surface area contributed by atoms with E-state index in [0.717, 1.165) is 12.1 Å². The van der Waals surface area contributed by atoms with Crippen LogP contribution >= 0.6 is 0 Å². The maximum absolute atomic E-state index is 13.2. The van der Waals surface area contributed by atoms with Crippen LogP contribution in [-0.4, -0.2) is 30.1 Å². The Hall–Kier alpha value is -3.13. The number of amides is 1. The summed E-state index contributed by atoms with van der Waals surface area (Å²) in [6.07, 6.45) is -0.294. The third-order valence-corrected chi connectivity index (χ3v) is 4.58. The molecule has 3 rings (SSSR count). The Morgan fingerprint density at radius 1 is 1.21 bits per heavy atom. The van der Waals surface area contributed by atoms with Crippen molar-refractivity contribution in [3.8, 4) is 0 Å². The highest BCUT2D eigenvalue weighted by Crippen LogP contribution is 2.32. The van der Waals surface area contributed by atoms with E-state index in [4.69, 9.17) is 5.84 Å². The average Bonchev–Trinajstić information content (AvgIpc) is 2.60. The summed E-state index contributed by atoms with van der Waals surface area (Å²) in [4.78, 5) is 37.5. The molecule has 0 aromatic heterocycles. The smallest absolute Gasteiger partial charge is 0.224 e. The minimum Gasteiger partial charge on any atom is -0.346 e. The van der Waals surface area contributed by atoms with Crippen molar-refractivity contribution < 1.29 is 23.2 Å². The van der Waals surface area contributed by atoms with Gasteiger partial charge in [-0.25, -0.2) is 14.6 Å². The van der Waals surface area contributed by atoms with Crippen LogP contribution in [0.3, 0.4) is 0 Å². The van der Waals surface area contributed by atoms with E-state index in [1.807, 2.05) is 0 Å². The standard InChI is InChI=1S/C20H19F2N3O3/c1-11(24-18(27)8-12-6-13(21)9-14(22)7-12)20(28)19-15-4-2-3-5-16(15)25(23)10-17(19)26/h2-7,9,11,19H,8,10,23H2,1H3,(H,24,27)/t11-,19?/m0/s1. The molecule has 28 heavy (non-hydrogen) atoms. The Bertz CT molecular complexity index is 928. The Kier molecular flexibility index (Phi) is 5.51. The second kappa shape index (κ2) is 7.85. The molecule has 0 saturated heterocycles. The van der Waals surface area contributed by atoms with Gasteiger partial charge in [0, 0.05) is 6.07 Å². The van der Waals surface area contributed by atoms with Gasteiger partial charge in [-0.05, 0) is 36.2 Å². The zero-order valence-electron chi connectivity index (χ0n) is 15.1. The molecular weight excluding hydrogens is 368 g/mol. The number of nitrogens with one attached hydrogen (secondary N) is 1. The van der Waals surface area contributed by atoms with E-state index >= 15 is 0 Å². The molecule has 0 spiro atoms. The Morgan fingerprint density at radius 3 is 2.54 bits per heavy atom. The summed E-state index contributed by atoms with van der Waals surface area (Å²) < 4.78 is 26.5. The molecule has 0 radical (unpaired) electrons. The topological polar surface area (TPSA) is 92.5 Å². The van der Waals surface area contributed by atoms with Gasteiger partial charge in [-0.1, -0.05) is 18.2 Å². The number of Topliss-reactive ketones (excluding diaryl/α,β-unsaturated/α-hetero) is 2. The average molecular weight is 387 g/mol. The van der Waals surface area contributed by atoms with E-state index in [-0.39, 0.29) is 24.3 Å². The number of para-hydroxylation sites is 1. The number of ketones is 2. The largest absolute Gasteiger partial charge is 0.346 e. The van der Waals surface area contributed by atoms with Gasteiger partial charge in [0.1, 0.15) is 17.6 Å². The number of benzene rings is 2. The van der Waals surface area contributed by atoms with Gasteiger partial charge in [0.2, 0.25) is 5.91 Å². The van der Waals surface area contributed by atoms with E-state index in [1.54, 1.807) is 24.3 Å². The lowest BCUT2D eigenvalue weighted by Crippen LogP contribution is -2.49. The fourth-order valence-electron chi connectivity index (χ4n) is 3.33. The van der Waals surface area contributed by atoms with Crippen molar-refractivity contribution in [2.75, 3.05) is 11.6 Å². The van der Waals surface area contributed by atoms with Crippen molar-refractivity contribution in [3.05, 3.63) is 65.2 Å². The van der Waals surface area contributed by atoms with Gasteiger partial charge in [0.15, 0.2) is 11.6 Å². The molecule has 0 bridgehead atoms. The minimum absolute atomic E-state index is 0.114. The van der Waals surface area contributed by atoms with E-state index in [0.29, 0.717) is 17.3 Å². The number of hydrogen-bond donors (Lipinski definition) is 2. The van der Waals surface area contributed by atoms with E-state index in [1.165, 1.54) is 11.9 Å². The Balaban J connectivity index is 1.73. The van der Waals surface area contributed by atoms with Crippen LogP contribution in [0, 0.1) is 11.6 Å². The number of hydrogen-bond acceptors (Lipinski definition) is 5. The number of carbonyl (C=O) groups excluding carboxylic acids is 3. The molecule has 0 aliphatic carbocycles. The fraction of sp³-hybridized carbons (Fsp3) is 0.250. The molecule has 6 nitrogen and oxygen atoms in total. The first-order valence-electron chi connectivity index (χ1n) is 8.68. The molecule has 2 atom stereocenters. The van der Waals surface area contributed by atoms with Gasteiger partial charge in [-0.3, -0.25) is 14.4 Å². The van der Waals surface area contributed by atoms with Crippen LogP contribution < -0.4 is 16.2 Å². The van der Waals surface area contributed by atoms with Crippen LogP contribution in [-0.2, 0) is 20.8 Å². The normalized spacial score (nSPS) is 17.1. The molecule has 1 unspecified atom stereocenters. The number of halogens is 2. The summed E-state index contributed by atoms with van der Waals surface area (Å²) in [6, 6.07) is 8.66. The van der Waals surface area contributed by atoms with E-state index in [9.17, 15) is 23.2 Å². The molecule has 2 aromatic rings. The SMILES string of the molecule is C[C@H](NC(=O)Cc1cc(F)cc(F)c1)C(=O)C1C(=O)CN(N)c2ccccc21. The van der Waals surface area contributed by atoms with Gasteiger partial charge >= 0.3 is 0 Å². The quantitative estimate of drug-likeness (QED) is 0.601. The number of anilines is 1. The highest BCUT2D eigenvalue weighted by atomic mass is 19.1. The first-order valence-corrected chi connectivity index (χ1v) is 8.68. The van der Waals surface area contributed by atoms with E-state index in [2.05, 4.69) is 5.32 Å². The predicted molar refractivity (Wildman–Crippen MR) is 98.4 cm³/mol. The minimum atomic E-state index is -1.03. The first-order chi connectivity index (χ1) is 13.3. The van der Waals surface area contributed by atoms with Crippen LogP contribution in [0.5, 0.6) is 0 Å². The summed E-state index contributed by atoms with van der Waals surface area (Å²) in [5, 5.41) is 3.78. The summed E-state index contributed by atoms with van der Waals surface area (Å²) in [7, 11) is 0. The molecule has 1 amide bonds. The summed E-state index contributed by atoms with van der Waals surface area (Å²) >= 11 is 0. The van der Waals surface area contributed by atoms with Gasteiger partial charge in [-0.2, -0.15) is 0 Å². The summed E-state index contributed by atoms with van der Waals surface area (Å²) in [6.45, 7) is 1.35. The van der Waals surface area contributed by atoms with Crippen molar-refractivity contribution >= 4 is 23.2 Å². The van der Waals surface area contributed by atoms with Gasteiger partial charge < -0.3 is 10.3 Å². The molecule has 2 aromatic carbocycles. The second-order valence-electron chi connectivity index (χ2n) is 6.73. The lowest BCUT2D eigenvalue weighted by molar-refractivity contribution is -0.132. The third-order valence-electron chi connectivity index (χ3n) is 4.58. The van der Waals surface area contributed by atoms with Crippen molar-refractivity contribution in [3.63, 3.8) is 0 Å². The van der Waals surface area contributed by atoms with Gasteiger partial charge in [-0.15, -0.1) is 0 Å². The molecule has 1 heterocycles. The van der Waals surface area contributed by atoms with Crippen molar-refractivity contribution in [1.82, 2.24) is 5.32 Å². The Morgan fingerprint density at radius 2 is 1.86 bits per heavy atom. The van der Waals surface area contributed by atoms with Crippen molar-refractivity contribution in [2.45, 2.75) is 25.3 Å². The predicted octanol–water partition coefficient (Wildman–Crippen LogP) is 1.63. The van der Waals surface area contributed by atoms with Crippen molar-refractivity contribution in [2.24, 2.45) is 5.84 Å². The third kappa shape index (κ3) is 4.07. The molecule has 3 N–H and O–H groups in total. The molecular formula is C20H19F2N3O3. The van der Waals surface area contributed by atoms with Crippen molar-refractivity contribution in [1.29, 1.82) is 0 Å². The first kappa shape index (κ1) is 19.6. The summed E-state index contributed by atoms with van der Waals surface area (Å²) in [5.74, 6) is 1.82. The fourth-order valence-corrected chi connectivity index (χ4v) is 3.33. The highest BCUT2D eigenvalue weighted by Gasteiger charge is 2.38. The lowest BCUT2D eigenvalue weighted by atomic mass is 9.84. The Labute approximate surface area is 160 Å². The number of carbonyl (C=O) groups is 3. The lowest BCUT2D eigenvalue weighted by Gasteiger charge is -2.31. The second-order valence-corrected chi connectivity index (χ2v) is 6.73. The zero-order valence-corrected chi connectivity index (χ0v) is 15.1. The maximum Gasteiger partial charge on any atom is 0.224 e. The van der Waals surface area contributed by atoms with Crippen LogP contribution in [0.4, 0.5) is 14.5 Å². The number of rotatable bonds is 5. The molecule has 1 aliphatic rings. The zero-order chi connectivity index (χ0) is 20.4. The van der Waals surface area contributed by atoms with Gasteiger partial charge in [0.05, 0.1) is 24.7 Å². The monoisotopic (exact) mass is 387 g/mol. The number of nitrogens with zero attached hydrogens (tertiary/aromatic N) is 1. The van der Waals surface area contributed by atoms with Crippen LogP contribution in [0.15, 0.2) is 42.5 Å². The summed E-state index contributed by atoms with van der Waals surface area (Å²) in [5.41, 5.74) is 1.21. The molecule has 0 saturated carbocycles. The highest BCUT2D eigenvalue weighted by molar-refractivity contribution is 6.13. The van der Waals surface area contributed by atoms with Gasteiger partial charge in [0.25, 0.3) is 0 Å². The van der Waals surface area contributed by atoms with Crippen LogP contribution in [0.2, 0.25) is 0 Å². The van der Waals surface area contributed by atoms with Crippen LogP contribution in [0.1, 0.15) is 24.0 Å². The molecule has 146 valence electrons. The number of nitrogens with two attached hydrogens (primary N) is 1.